The molecule has 1 atom stereocenters. The molecule has 1 aromatic carbocycles. The molecule has 1 N–H and O–H groups in total. The van der Waals surface area contributed by atoms with Crippen LogP contribution >= 0.6 is 0 Å². The van der Waals surface area contributed by atoms with Gasteiger partial charge >= 0.3 is 11.7 Å². The van der Waals surface area contributed by atoms with Crippen molar-refractivity contribution in [3.63, 3.8) is 0 Å². The molecule has 0 aliphatic rings. The summed E-state index contributed by atoms with van der Waals surface area (Å²) in [6.45, 7) is 5.24. The van der Waals surface area contributed by atoms with E-state index in [1.807, 2.05) is 32.0 Å². The van der Waals surface area contributed by atoms with E-state index in [1.165, 1.54) is 25.3 Å². The van der Waals surface area contributed by atoms with E-state index in [0.717, 1.165) is 11.1 Å². The number of ether oxygens (including phenoxy) is 1. The number of nitrogens with zero attached hydrogens (tertiary/aromatic N) is 1. The molecule has 0 unspecified atom stereocenters. The lowest BCUT2D eigenvalue weighted by Gasteiger charge is -2.14. The summed E-state index contributed by atoms with van der Waals surface area (Å²) in [5, 5.41) is 14.2. The van der Waals surface area contributed by atoms with Gasteiger partial charge in [-0.05, 0) is 44.0 Å². The van der Waals surface area contributed by atoms with Gasteiger partial charge in [-0.3, -0.25) is 4.79 Å². The third kappa shape index (κ3) is 4.06. The van der Waals surface area contributed by atoms with Crippen LogP contribution in [0.25, 0.3) is 0 Å². The number of pyridine rings is 1. The summed E-state index contributed by atoms with van der Waals surface area (Å²) < 4.78 is 5.45. The third-order valence-electron chi connectivity index (χ3n) is 3.34. The highest BCUT2D eigenvalue weighted by molar-refractivity contribution is 5.97. The first-order chi connectivity index (χ1) is 10.9. The summed E-state index contributed by atoms with van der Waals surface area (Å²) in [5.41, 5.74) is 2.41. The summed E-state index contributed by atoms with van der Waals surface area (Å²) >= 11 is 0. The number of hydrogen-bond acceptors (Lipinski definition) is 4. The molecule has 2 rings (SSSR count). The number of hydrogen-bond donors (Lipinski definition) is 1. The number of aryl methyl sites for hydroxylation is 2. The first-order valence-electron chi connectivity index (χ1n) is 7.16. The molecule has 0 bridgehead atoms. The number of esters is 1. The quantitative estimate of drug-likeness (QED) is 0.532. The molecule has 0 aliphatic carbocycles. The van der Waals surface area contributed by atoms with Gasteiger partial charge in [0, 0.05) is 17.8 Å². The molecule has 0 saturated carbocycles. The first-order valence-corrected chi connectivity index (χ1v) is 7.16. The zero-order valence-electron chi connectivity index (χ0n) is 13.2. The van der Waals surface area contributed by atoms with Crippen molar-refractivity contribution >= 4 is 17.6 Å². The maximum Gasteiger partial charge on any atom is 0.405 e. The second kappa shape index (κ2) is 6.91. The van der Waals surface area contributed by atoms with Crippen molar-refractivity contribution in [2.45, 2.75) is 26.9 Å². The normalized spacial score (nSPS) is 11.6. The summed E-state index contributed by atoms with van der Waals surface area (Å²) in [6.07, 6.45) is 0.167. The molecular weight excluding hydrogens is 296 g/mol. The number of benzene rings is 1. The monoisotopic (exact) mass is 314 g/mol. The van der Waals surface area contributed by atoms with Gasteiger partial charge in [0.25, 0.3) is 5.91 Å². The Kier molecular flexibility index (Phi) is 4.95. The second-order valence-corrected chi connectivity index (χ2v) is 5.27. The van der Waals surface area contributed by atoms with Gasteiger partial charge in [0.05, 0.1) is 0 Å². The fourth-order valence-electron chi connectivity index (χ4n) is 1.97. The molecule has 0 saturated heterocycles. The first kappa shape index (κ1) is 16.5. The largest absolute Gasteiger partial charge is 0.618 e. The van der Waals surface area contributed by atoms with Gasteiger partial charge in [0.15, 0.2) is 12.3 Å². The summed E-state index contributed by atoms with van der Waals surface area (Å²) in [6, 6.07) is 10.1. The average molecular weight is 314 g/mol. The van der Waals surface area contributed by atoms with Crippen LogP contribution in [0.15, 0.2) is 42.6 Å². The summed E-state index contributed by atoms with van der Waals surface area (Å²) in [4.78, 5) is 24.1. The molecule has 2 aromatic rings. The lowest BCUT2D eigenvalue weighted by atomic mass is 10.1. The van der Waals surface area contributed by atoms with Crippen LogP contribution in [0.4, 0.5) is 5.69 Å². The Bertz CT molecular complexity index is 743. The van der Waals surface area contributed by atoms with Crippen LogP contribution in [-0.2, 0) is 9.53 Å². The molecule has 0 aliphatic heterocycles. The molecule has 6 heteroatoms. The Morgan fingerprint density at radius 1 is 1.22 bits per heavy atom. The van der Waals surface area contributed by atoms with E-state index in [1.54, 1.807) is 6.07 Å². The van der Waals surface area contributed by atoms with Crippen LogP contribution in [0, 0.1) is 19.1 Å². The fourth-order valence-corrected chi connectivity index (χ4v) is 1.97. The molecular formula is C17H18N2O4. The van der Waals surface area contributed by atoms with Crippen LogP contribution in [0.1, 0.15) is 28.5 Å². The Morgan fingerprint density at radius 3 is 2.65 bits per heavy atom. The minimum Gasteiger partial charge on any atom is -0.618 e. The van der Waals surface area contributed by atoms with Crippen molar-refractivity contribution in [3.05, 3.63) is 64.6 Å². The maximum absolute atomic E-state index is 12.2. The van der Waals surface area contributed by atoms with Gasteiger partial charge in [-0.25, -0.2) is 4.79 Å². The number of carbonyl (C=O) groups is 2. The topological polar surface area (TPSA) is 82.3 Å². The van der Waals surface area contributed by atoms with Gasteiger partial charge in [0.2, 0.25) is 0 Å². The van der Waals surface area contributed by atoms with Gasteiger partial charge in [-0.2, -0.15) is 4.73 Å². The van der Waals surface area contributed by atoms with Crippen LogP contribution in [0.2, 0.25) is 0 Å². The highest BCUT2D eigenvalue weighted by atomic mass is 16.6. The number of aromatic nitrogens is 1. The molecule has 0 radical (unpaired) electrons. The molecule has 0 fully saturated rings. The molecule has 0 spiro atoms. The number of amides is 1. The molecule has 6 nitrogen and oxygen atoms in total. The van der Waals surface area contributed by atoms with Crippen LogP contribution in [0.5, 0.6) is 0 Å². The molecule has 1 aromatic heterocycles. The number of rotatable bonds is 4. The smallest absolute Gasteiger partial charge is 0.405 e. The molecule has 1 heterocycles. The van der Waals surface area contributed by atoms with Crippen LogP contribution in [0.3, 0.4) is 0 Å². The van der Waals surface area contributed by atoms with E-state index in [4.69, 9.17) is 4.74 Å². The van der Waals surface area contributed by atoms with Crippen molar-refractivity contribution in [1.82, 2.24) is 0 Å². The molecule has 1 amide bonds. The van der Waals surface area contributed by atoms with Gasteiger partial charge in [0.1, 0.15) is 0 Å². The van der Waals surface area contributed by atoms with Gasteiger partial charge < -0.3 is 15.3 Å². The lowest BCUT2D eigenvalue weighted by molar-refractivity contribution is -0.608. The SMILES string of the molecule is Cc1ccc(C)c(NC(=O)[C@H](C)OC(=O)c2cccc[n+]2[O-])c1. The van der Waals surface area contributed by atoms with Crippen molar-refractivity contribution in [2.24, 2.45) is 0 Å². The van der Waals surface area contributed by atoms with E-state index in [0.29, 0.717) is 10.4 Å². The predicted octanol–water partition coefficient (Wildman–Crippen LogP) is 2.12. The summed E-state index contributed by atoms with van der Waals surface area (Å²) in [7, 11) is 0. The minimum absolute atomic E-state index is 0.168. The Morgan fingerprint density at radius 2 is 1.96 bits per heavy atom. The fraction of sp³-hybridized carbons (Fsp3) is 0.235. The van der Waals surface area contributed by atoms with E-state index in [2.05, 4.69) is 5.32 Å². The maximum atomic E-state index is 12.2. The highest BCUT2D eigenvalue weighted by Crippen LogP contribution is 2.17. The second-order valence-electron chi connectivity index (χ2n) is 5.27. The average Bonchev–Trinajstić information content (AvgIpc) is 2.51. The van der Waals surface area contributed by atoms with E-state index in [9.17, 15) is 14.8 Å². The molecule has 23 heavy (non-hydrogen) atoms. The van der Waals surface area contributed by atoms with Crippen LogP contribution in [-0.4, -0.2) is 18.0 Å². The van der Waals surface area contributed by atoms with Crippen molar-refractivity contribution in [1.29, 1.82) is 0 Å². The zero-order valence-corrected chi connectivity index (χ0v) is 13.2. The van der Waals surface area contributed by atoms with E-state index in [-0.39, 0.29) is 5.69 Å². The van der Waals surface area contributed by atoms with E-state index < -0.39 is 18.0 Å². The Labute approximate surface area is 134 Å². The highest BCUT2D eigenvalue weighted by Gasteiger charge is 2.24. The van der Waals surface area contributed by atoms with Crippen molar-refractivity contribution in [3.8, 4) is 0 Å². The predicted molar refractivity (Wildman–Crippen MR) is 84.8 cm³/mol. The lowest BCUT2D eigenvalue weighted by Crippen LogP contribution is -2.37. The molecule has 120 valence electrons. The van der Waals surface area contributed by atoms with E-state index >= 15 is 0 Å². The van der Waals surface area contributed by atoms with Crippen LogP contribution < -0.4 is 10.0 Å². The van der Waals surface area contributed by atoms with Gasteiger partial charge in [-0.1, -0.05) is 12.1 Å². The minimum atomic E-state index is -1.03. The standard InChI is InChI=1S/C17H18N2O4/c1-11-7-8-12(2)14(10-11)18-16(20)13(3)23-17(21)15-6-4-5-9-19(15)22/h4-10,13H,1-3H3,(H,18,20)/t13-/m0/s1. The number of anilines is 1. The number of nitrogens with one attached hydrogen (secondary N) is 1. The zero-order chi connectivity index (χ0) is 17.0. The Balaban J connectivity index is 2.04. The van der Waals surface area contributed by atoms with Gasteiger partial charge in [-0.15, -0.1) is 0 Å². The number of carbonyl (C=O) groups excluding carboxylic acids is 2. The van der Waals surface area contributed by atoms with Crippen molar-refractivity contribution in [2.75, 3.05) is 5.32 Å². The third-order valence-corrected chi connectivity index (χ3v) is 3.34. The van der Waals surface area contributed by atoms with Crippen molar-refractivity contribution < 1.29 is 19.1 Å². The Hall–Kier alpha value is -2.89. The summed E-state index contributed by atoms with van der Waals surface area (Å²) in [5.74, 6) is -1.30.